The van der Waals surface area contributed by atoms with E-state index in [2.05, 4.69) is 0 Å². The summed E-state index contributed by atoms with van der Waals surface area (Å²) in [5.41, 5.74) is -0.0109. The van der Waals surface area contributed by atoms with E-state index in [1.54, 1.807) is 26.0 Å². The van der Waals surface area contributed by atoms with Crippen molar-refractivity contribution in [2.45, 2.75) is 13.8 Å². The van der Waals surface area contributed by atoms with Crippen molar-refractivity contribution in [3.63, 3.8) is 0 Å². The average molecular weight is 388 g/mol. The Bertz CT molecular complexity index is 923. The van der Waals surface area contributed by atoms with Crippen LogP contribution in [0, 0.1) is 13.8 Å². The van der Waals surface area contributed by atoms with Crippen LogP contribution < -0.4 is 0 Å². The topological polar surface area (TPSA) is 105 Å². The Kier molecular flexibility index (Phi) is 6.03. The van der Waals surface area contributed by atoms with Crippen LogP contribution in [0.2, 0.25) is 0 Å². The molecule has 0 radical (unpaired) electrons. The minimum Gasteiger partial charge on any atom is -0.465 e. The van der Waals surface area contributed by atoms with Gasteiger partial charge in [-0.15, -0.1) is 0 Å². The molecule has 2 rings (SSSR count). The van der Waals surface area contributed by atoms with Gasteiger partial charge in [-0.05, 0) is 25.0 Å². The van der Waals surface area contributed by atoms with Gasteiger partial charge >= 0.3 is 23.9 Å². The molecule has 8 heteroatoms. The van der Waals surface area contributed by atoms with Crippen molar-refractivity contribution in [3.05, 3.63) is 45.5 Å². The number of hydrogen-bond acceptors (Lipinski definition) is 8. The van der Waals surface area contributed by atoms with E-state index >= 15 is 0 Å². The first-order chi connectivity index (χ1) is 13.2. The fraction of sp³-hybridized carbons (Fsp3) is 0.300. The summed E-state index contributed by atoms with van der Waals surface area (Å²) in [7, 11) is 4.48. The van der Waals surface area contributed by atoms with E-state index in [0.29, 0.717) is 21.9 Å². The third-order valence-electron chi connectivity index (χ3n) is 4.43. The number of hydrogen-bond donors (Lipinski definition) is 0. The van der Waals surface area contributed by atoms with Crippen LogP contribution >= 0.6 is 0 Å². The second kappa shape index (κ2) is 8.08. The highest BCUT2D eigenvalue weighted by Gasteiger charge is 2.36. The molecule has 2 aromatic rings. The van der Waals surface area contributed by atoms with Crippen molar-refractivity contribution in [2.24, 2.45) is 0 Å². The highest BCUT2D eigenvalue weighted by molar-refractivity contribution is 6.25. The Labute approximate surface area is 161 Å². The van der Waals surface area contributed by atoms with Gasteiger partial charge in [-0.25, -0.2) is 19.2 Å². The van der Waals surface area contributed by atoms with Gasteiger partial charge in [0.15, 0.2) is 0 Å². The number of aryl methyl sites for hydroxylation is 2. The van der Waals surface area contributed by atoms with Crippen LogP contribution in [0.5, 0.6) is 0 Å². The first kappa shape index (κ1) is 20.9. The average Bonchev–Trinajstić information content (AvgIpc) is 2.71. The van der Waals surface area contributed by atoms with Crippen LogP contribution in [0.4, 0.5) is 0 Å². The van der Waals surface area contributed by atoms with Crippen LogP contribution in [0.3, 0.4) is 0 Å². The molecule has 0 fully saturated rings. The monoisotopic (exact) mass is 388 g/mol. The highest BCUT2D eigenvalue weighted by Crippen LogP contribution is 2.36. The summed E-state index contributed by atoms with van der Waals surface area (Å²) in [4.78, 5) is 50.5. The minimum atomic E-state index is -0.992. The molecular weight excluding hydrogens is 368 g/mol. The predicted molar refractivity (Wildman–Crippen MR) is 98.8 cm³/mol. The summed E-state index contributed by atoms with van der Waals surface area (Å²) in [6, 6.07) is 3.45. The van der Waals surface area contributed by atoms with Crippen LogP contribution in [0.15, 0.2) is 12.1 Å². The van der Waals surface area contributed by atoms with E-state index in [0.717, 1.165) is 28.4 Å². The third kappa shape index (κ3) is 3.17. The van der Waals surface area contributed by atoms with Crippen molar-refractivity contribution in [1.82, 2.24) is 0 Å². The first-order valence-corrected chi connectivity index (χ1v) is 8.18. The molecule has 0 bridgehead atoms. The highest BCUT2D eigenvalue weighted by atomic mass is 16.5. The van der Waals surface area contributed by atoms with Crippen LogP contribution in [0.25, 0.3) is 10.8 Å². The summed E-state index contributed by atoms with van der Waals surface area (Å²) in [5.74, 6) is -3.70. The lowest BCUT2D eigenvalue weighted by Gasteiger charge is -2.20. The number of ether oxygens (including phenoxy) is 4. The Morgan fingerprint density at radius 3 is 1.04 bits per heavy atom. The van der Waals surface area contributed by atoms with Gasteiger partial charge < -0.3 is 18.9 Å². The van der Waals surface area contributed by atoms with Crippen molar-refractivity contribution in [1.29, 1.82) is 0 Å². The molecule has 0 aromatic heterocycles. The molecular formula is C20H20O8. The van der Waals surface area contributed by atoms with Crippen LogP contribution in [-0.2, 0) is 18.9 Å². The molecule has 0 N–H and O–H groups in total. The first-order valence-electron chi connectivity index (χ1n) is 8.18. The smallest absolute Gasteiger partial charge is 0.339 e. The number of carbonyl (C=O) groups excluding carboxylic acids is 4. The van der Waals surface area contributed by atoms with Crippen molar-refractivity contribution in [3.8, 4) is 0 Å². The molecule has 8 nitrogen and oxygen atoms in total. The minimum absolute atomic E-state index is 0.182. The number of esters is 4. The van der Waals surface area contributed by atoms with Gasteiger partial charge in [0.2, 0.25) is 0 Å². The lowest BCUT2D eigenvalue weighted by molar-refractivity contribution is 0.0523. The molecule has 148 valence electrons. The van der Waals surface area contributed by atoms with Gasteiger partial charge in [0, 0.05) is 10.8 Å². The van der Waals surface area contributed by atoms with Crippen LogP contribution in [0.1, 0.15) is 52.6 Å². The fourth-order valence-electron chi connectivity index (χ4n) is 3.18. The molecule has 0 unspecified atom stereocenters. The molecule has 0 heterocycles. The number of methoxy groups -OCH3 is 4. The van der Waals surface area contributed by atoms with E-state index in [4.69, 9.17) is 18.9 Å². The quantitative estimate of drug-likeness (QED) is 0.581. The number of benzene rings is 2. The van der Waals surface area contributed by atoms with Crippen molar-refractivity contribution >= 4 is 34.6 Å². The molecule has 0 saturated carbocycles. The largest absolute Gasteiger partial charge is 0.465 e. The van der Waals surface area contributed by atoms with E-state index in [-0.39, 0.29) is 11.1 Å². The normalized spacial score (nSPS) is 10.4. The zero-order valence-electron chi connectivity index (χ0n) is 16.4. The number of carbonyl (C=O) groups is 4. The Morgan fingerprint density at radius 2 is 0.786 bits per heavy atom. The van der Waals surface area contributed by atoms with Gasteiger partial charge in [-0.2, -0.15) is 0 Å². The molecule has 0 atom stereocenters. The summed E-state index contributed by atoms with van der Waals surface area (Å²) >= 11 is 0. The second-order valence-electron chi connectivity index (χ2n) is 5.92. The second-order valence-corrected chi connectivity index (χ2v) is 5.92. The zero-order valence-corrected chi connectivity index (χ0v) is 16.4. The fourth-order valence-corrected chi connectivity index (χ4v) is 3.18. The molecule has 2 aromatic carbocycles. The predicted octanol–water partition coefficient (Wildman–Crippen LogP) is 2.60. The maximum absolute atomic E-state index is 12.6. The molecule has 0 saturated heterocycles. The molecule has 0 spiro atoms. The summed E-state index contributed by atoms with van der Waals surface area (Å²) in [5, 5.41) is 0.584. The van der Waals surface area contributed by atoms with E-state index in [1.165, 1.54) is 0 Å². The Balaban J connectivity index is 3.36. The molecule has 0 aliphatic rings. The summed E-state index contributed by atoms with van der Waals surface area (Å²) in [6.45, 7) is 3.41. The SMILES string of the molecule is COC(=O)c1c(C(=O)OC)c(C(=O)OC)c2c(C)ccc(C)c2c1C(=O)OC. The van der Waals surface area contributed by atoms with Gasteiger partial charge in [0.05, 0.1) is 50.7 Å². The molecule has 0 aliphatic heterocycles. The van der Waals surface area contributed by atoms with Gasteiger partial charge in [0.25, 0.3) is 0 Å². The zero-order chi connectivity index (χ0) is 21.2. The number of fused-ring (bicyclic) bond motifs is 1. The maximum Gasteiger partial charge on any atom is 0.339 e. The maximum atomic E-state index is 12.6. The van der Waals surface area contributed by atoms with Gasteiger partial charge in [-0.1, -0.05) is 12.1 Å². The van der Waals surface area contributed by atoms with Crippen LogP contribution in [-0.4, -0.2) is 52.3 Å². The van der Waals surface area contributed by atoms with Gasteiger partial charge in [-0.3, -0.25) is 0 Å². The Morgan fingerprint density at radius 1 is 0.536 bits per heavy atom. The van der Waals surface area contributed by atoms with Crippen molar-refractivity contribution < 1.29 is 38.1 Å². The lowest BCUT2D eigenvalue weighted by atomic mass is 9.85. The molecule has 0 amide bonds. The molecule has 0 aliphatic carbocycles. The number of rotatable bonds is 4. The van der Waals surface area contributed by atoms with E-state index in [9.17, 15) is 19.2 Å². The van der Waals surface area contributed by atoms with E-state index in [1.807, 2.05) is 0 Å². The summed E-state index contributed by atoms with van der Waals surface area (Å²) in [6.07, 6.45) is 0. The van der Waals surface area contributed by atoms with Gasteiger partial charge in [0.1, 0.15) is 0 Å². The van der Waals surface area contributed by atoms with E-state index < -0.39 is 35.0 Å². The third-order valence-corrected chi connectivity index (χ3v) is 4.43. The molecule has 28 heavy (non-hydrogen) atoms. The standard InChI is InChI=1S/C20H20O8/c1-9-7-8-10(2)12-11(9)13(17(21)25-3)15(19(23)27-5)16(20(24)28-6)14(12)18(22)26-4/h7-8H,1-6H3. The van der Waals surface area contributed by atoms with Crippen molar-refractivity contribution in [2.75, 3.05) is 28.4 Å². The summed E-state index contributed by atoms with van der Waals surface area (Å²) < 4.78 is 19.3. The Hall–Kier alpha value is -3.42. The lowest BCUT2D eigenvalue weighted by Crippen LogP contribution is -2.23.